The van der Waals surface area contributed by atoms with Crippen LogP contribution in [0.3, 0.4) is 0 Å². The Hall–Kier alpha value is -2.97. The summed E-state index contributed by atoms with van der Waals surface area (Å²) in [4.78, 5) is 29.6. The van der Waals surface area contributed by atoms with Gasteiger partial charge < -0.3 is 19.0 Å². The van der Waals surface area contributed by atoms with E-state index in [1.165, 1.54) is 17.6 Å². The lowest BCUT2D eigenvalue weighted by Gasteiger charge is -2.13. The molecule has 0 aliphatic carbocycles. The zero-order valence-corrected chi connectivity index (χ0v) is 16.6. The fraction of sp³-hybridized carbons (Fsp3) is 0.286. The summed E-state index contributed by atoms with van der Waals surface area (Å²) < 4.78 is 12.5. The first-order chi connectivity index (χ1) is 14.2. The van der Waals surface area contributed by atoms with Crippen LogP contribution in [0.2, 0.25) is 0 Å². The number of carbonyl (C=O) groups is 2. The number of hydrogen-bond donors (Lipinski definition) is 1. The molecule has 4 rings (SSSR count). The second kappa shape index (κ2) is 9.02. The van der Waals surface area contributed by atoms with Crippen LogP contribution in [0.4, 0.5) is 0 Å². The summed E-state index contributed by atoms with van der Waals surface area (Å²) in [5.41, 5.74) is 1.45. The average molecular weight is 411 g/mol. The molecule has 2 amide bonds. The fourth-order valence-corrected chi connectivity index (χ4v) is 3.95. The van der Waals surface area contributed by atoms with Crippen molar-refractivity contribution in [1.82, 2.24) is 9.88 Å². The van der Waals surface area contributed by atoms with E-state index in [4.69, 9.17) is 9.15 Å². The van der Waals surface area contributed by atoms with E-state index >= 15 is 0 Å². The summed E-state index contributed by atoms with van der Waals surface area (Å²) in [6, 6.07) is 10.7. The van der Waals surface area contributed by atoms with Gasteiger partial charge in [0.05, 0.1) is 18.9 Å². The minimum atomic E-state index is -0.436. The van der Waals surface area contributed by atoms with Crippen LogP contribution in [-0.2, 0) is 11.3 Å². The van der Waals surface area contributed by atoms with Crippen molar-refractivity contribution in [3.05, 3.63) is 75.9 Å². The van der Waals surface area contributed by atoms with Gasteiger partial charge >= 0.3 is 5.91 Å². The predicted octanol–water partition coefficient (Wildman–Crippen LogP) is 2.84. The van der Waals surface area contributed by atoms with Crippen molar-refractivity contribution in [3.63, 3.8) is 0 Å². The number of aromatic nitrogens is 1. The molecule has 0 radical (unpaired) electrons. The quantitative estimate of drug-likeness (QED) is 0.676. The molecule has 1 unspecified atom stereocenters. The minimum absolute atomic E-state index is 0.0929. The van der Waals surface area contributed by atoms with Crippen LogP contribution < -0.4 is 10.1 Å². The van der Waals surface area contributed by atoms with Gasteiger partial charge in [-0.3, -0.25) is 9.59 Å². The van der Waals surface area contributed by atoms with Gasteiger partial charge in [-0.1, -0.05) is 18.2 Å². The highest BCUT2D eigenvalue weighted by Crippen LogP contribution is 2.13. The van der Waals surface area contributed by atoms with Crippen LogP contribution in [0.5, 0.6) is 0 Å². The maximum atomic E-state index is 12.7. The normalized spacial score (nSPS) is 16.8. The Bertz CT molecular complexity index is 1050. The van der Waals surface area contributed by atoms with Crippen molar-refractivity contribution < 1.29 is 18.7 Å². The number of thiazole rings is 1. The number of ether oxygens (including phenoxy) is 1. The van der Waals surface area contributed by atoms with E-state index in [9.17, 15) is 9.59 Å². The molecule has 1 aliphatic rings. The smallest absolute Gasteiger partial charge is 0.315 e. The Morgan fingerprint density at radius 3 is 2.93 bits per heavy atom. The van der Waals surface area contributed by atoms with Crippen LogP contribution in [0, 0.1) is 0 Å². The molecule has 1 aromatic carbocycles. The highest BCUT2D eigenvalue weighted by Gasteiger charge is 2.18. The van der Waals surface area contributed by atoms with Crippen molar-refractivity contribution in [2.45, 2.75) is 25.5 Å². The number of nitrogens with one attached hydrogen (secondary N) is 1. The number of furan rings is 1. The molecule has 150 valence electrons. The number of hydrogen-bond acceptors (Lipinski definition) is 5. The lowest BCUT2D eigenvalue weighted by Crippen LogP contribution is -2.32. The molecule has 29 heavy (non-hydrogen) atoms. The second-order valence-electron chi connectivity index (χ2n) is 6.71. The highest BCUT2D eigenvalue weighted by atomic mass is 32.1. The SMILES string of the molecule is O=C(N=c1sccn1Cc1ccccc1C(=O)NCC1CCCO1)c1ccco1. The number of rotatable bonds is 6. The maximum absolute atomic E-state index is 12.7. The predicted molar refractivity (Wildman–Crippen MR) is 108 cm³/mol. The van der Waals surface area contributed by atoms with E-state index in [1.807, 2.05) is 34.3 Å². The van der Waals surface area contributed by atoms with Crippen molar-refractivity contribution in [1.29, 1.82) is 0 Å². The minimum Gasteiger partial charge on any atom is -0.459 e. The Kier molecular flexibility index (Phi) is 6.02. The van der Waals surface area contributed by atoms with Gasteiger partial charge in [-0.15, -0.1) is 11.3 Å². The summed E-state index contributed by atoms with van der Waals surface area (Å²) in [6.45, 7) is 1.70. The van der Waals surface area contributed by atoms with E-state index < -0.39 is 5.91 Å². The average Bonchev–Trinajstić information content (AvgIpc) is 3.50. The van der Waals surface area contributed by atoms with E-state index in [2.05, 4.69) is 10.3 Å². The van der Waals surface area contributed by atoms with Crippen molar-refractivity contribution in [3.8, 4) is 0 Å². The van der Waals surface area contributed by atoms with Crippen LogP contribution in [0.1, 0.15) is 39.3 Å². The van der Waals surface area contributed by atoms with Crippen LogP contribution >= 0.6 is 11.3 Å². The van der Waals surface area contributed by atoms with Gasteiger partial charge in [-0.2, -0.15) is 4.99 Å². The summed E-state index contributed by atoms with van der Waals surface area (Å²) in [5.74, 6) is -0.371. The molecule has 3 heterocycles. The van der Waals surface area contributed by atoms with Gasteiger partial charge in [0.25, 0.3) is 5.91 Å². The molecule has 1 atom stereocenters. The molecule has 1 fully saturated rings. The third-order valence-corrected chi connectivity index (χ3v) is 5.50. The molecule has 0 bridgehead atoms. The van der Waals surface area contributed by atoms with E-state index in [0.717, 1.165) is 25.0 Å². The molecular weight excluding hydrogens is 390 g/mol. The first-order valence-electron chi connectivity index (χ1n) is 9.45. The Morgan fingerprint density at radius 1 is 1.24 bits per heavy atom. The van der Waals surface area contributed by atoms with Gasteiger partial charge in [0, 0.05) is 30.3 Å². The molecule has 8 heteroatoms. The summed E-state index contributed by atoms with van der Waals surface area (Å²) in [7, 11) is 0. The molecule has 1 saturated heterocycles. The van der Waals surface area contributed by atoms with Gasteiger partial charge in [-0.05, 0) is 36.6 Å². The third kappa shape index (κ3) is 4.72. The van der Waals surface area contributed by atoms with Gasteiger partial charge in [-0.25, -0.2) is 0 Å². The molecule has 7 nitrogen and oxygen atoms in total. The fourth-order valence-electron chi connectivity index (χ4n) is 3.22. The topological polar surface area (TPSA) is 85.8 Å². The summed E-state index contributed by atoms with van der Waals surface area (Å²) >= 11 is 1.35. The van der Waals surface area contributed by atoms with Gasteiger partial charge in [0.15, 0.2) is 10.6 Å². The maximum Gasteiger partial charge on any atom is 0.315 e. The zero-order valence-electron chi connectivity index (χ0n) is 15.7. The summed E-state index contributed by atoms with van der Waals surface area (Å²) in [5, 5.41) is 4.82. The van der Waals surface area contributed by atoms with E-state index in [0.29, 0.717) is 23.5 Å². The standard InChI is InChI=1S/C21H21N3O4S/c25-19(22-13-16-6-3-10-27-16)17-7-2-1-5-15(17)14-24-9-12-29-21(24)23-20(26)18-8-4-11-28-18/h1-2,4-5,7-9,11-12,16H,3,6,10,13-14H2,(H,22,25). The number of amides is 2. The Balaban J connectivity index is 1.51. The number of carbonyl (C=O) groups excluding carboxylic acids is 2. The Morgan fingerprint density at radius 2 is 2.14 bits per heavy atom. The lowest BCUT2D eigenvalue weighted by atomic mass is 10.1. The third-order valence-electron chi connectivity index (χ3n) is 4.71. The molecule has 0 saturated carbocycles. The number of nitrogens with zero attached hydrogens (tertiary/aromatic N) is 2. The monoisotopic (exact) mass is 411 g/mol. The molecular formula is C21H21N3O4S. The first kappa shape index (κ1) is 19.4. The molecule has 0 spiro atoms. The van der Waals surface area contributed by atoms with Crippen molar-refractivity contribution >= 4 is 23.2 Å². The van der Waals surface area contributed by atoms with Gasteiger partial charge in [0.1, 0.15) is 0 Å². The highest BCUT2D eigenvalue weighted by molar-refractivity contribution is 7.07. The van der Waals surface area contributed by atoms with E-state index in [1.54, 1.807) is 18.2 Å². The molecule has 3 aromatic rings. The van der Waals surface area contributed by atoms with E-state index in [-0.39, 0.29) is 17.8 Å². The second-order valence-corrected chi connectivity index (χ2v) is 7.58. The van der Waals surface area contributed by atoms with Crippen LogP contribution in [0.15, 0.2) is 63.6 Å². The first-order valence-corrected chi connectivity index (χ1v) is 10.3. The molecule has 2 aromatic heterocycles. The number of benzene rings is 1. The molecule has 1 N–H and O–H groups in total. The van der Waals surface area contributed by atoms with Gasteiger partial charge in [0.2, 0.25) is 0 Å². The lowest BCUT2D eigenvalue weighted by molar-refractivity contribution is 0.0856. The summed E-state index contributed by atoms with van der Waals surface area (Å²) in [6.07, 6.45) is 5.39. The zero-order chi connectivity index (χ0) is 20.1. The molecule has 1 aliphatic heterocycles. The van der Waals surface area contributed by atoms with Crippen molar-refractivity contribution in [2.75, 3.05) is 13.2 Å². The Labute approximate surface area is 171 Å². The van der Waals surface area contributed by atoms with Crippen LogP contribution in [0.25, 0.3) is 0 Å². The van der Waals surface area contributed by atoms with Crippen LogP contribution in [-0.4, -0.2) is 35.6 Å². The largest absolute Gasteiger partial charge is 0.459 e. The van der Waals surface area contributed by atoms with Crippen molar-refractivity contribution in [2.24, 2.45) is 4.99 Å².